The minimum atomic E-state index is 0.201. The van der Waals surface area contributed by atoms with Gasteiger partial charge in [-0.1, -0.05) is 18.2 Å². The molecule has 2 aliphatic heterocycles. The van der Waals surface area contributed by atoms with Gasteiger partial charge in [0.2, 0.25) is 5.91 Å². The lowest BCUT2D eigenvalue weighted by Crippen LogP contribution is -2.33. The van der Waals surface area contributed by atoms with Crippen LogP contribution in [-0.4, -0.2) is 47.2 Å². The minimum absolute atomic E-state index is 0.201. The highest BCUT2D eigenvalue weighted by Crippen LogP contribution is 2.27. The molecule has 1 aromatic carbocycles. The highest BCUT2D eigenvalue weighted by atomic mass is 32.2. The van der Waals surface area contributed by atoms with Crippen molar-refractivity contribution in [2.24, 2.45) is 5.92 Å². The number of hydrogen-bond acceptors (Lipinski definition) is 5. The van der Waals surface area contributed by atoms with Gasteiger partial charge in [-0.15, -0.1) is 5.10 Å². The van der Waals surface area contributed by atoms with E-state index >= 15 is 0 Å². The van der Waals surface area contributed by atoms with Crippen molar-refractivity contribution in [2.75, 3.05) is 40.9 Å². The van der Waals surface area contributed by atoms with Gasteiger partial charge < -0.3 is 9.80 Å². The number of rotatable bonds is 4. The van der Waals surface area contributed by atoms with Crippen molar-refractivity contribution >= 4 is 29.2 Å². The zero-order valence-corrected chi connectivity index (χ0v) is 15.0. The maximum Gasteiger partial charge on any atom is 0.227 e. The number of amides is 1. The molecule has 25 heavy (non-hydrogen) atoms. The lowest BCUT2D eigenvalue weighted by atomic mass is 10.0. The number of anilines is 2. The number of benzene rings is 1. The second kappa shape index (κ2) is 7.44. The number of thioether (sulfide) groups is 1. The summed E-state index contributed by atoms with van der Waals surface area (Å²) in [4.78, 5) is 16.5. The first kappa shape index (κ1) is 16.4. The van der Waals surface area contributed by atoms with E-state index in [2.05, 4.69) is 27.2 Å². The van der Waals surface area contributed by atoms with Crippen LogP contribution in [0.2, 0.25) is 0 Å². The Morgan fingerprint density at radius 2 is 1.84 bits per heavy atom. The molecule has 0 N–H and O–H groups in total. The summed E-state index contributed by atoms with van der Waals surface area (Å²) in [6, 6.07) is 14.0. The number of hydrogen-bond donors (Lipinski definition) is 0. The van der Waals surface area contributed by atoms with Crippen LogP contribution in [0.1, 0.15) is 12.1 Å². The Hall–Kier alpha value is -2.08. The molecule has 1 amide bonds. The van der Waals surface area contributed by atoms with Crippen LogP contribution in [-0.2, 0) is 11.2 Å². The van der Waals surface area contributed by atoms with E-state index in [1.54, 1.807) is 0 Å². The fourth-order valence-electron chi connectivity index (χ4n) is 3.49. The van der Waals surface area contributed by atoms with E-state index in [1.165, 1.54) is 0 Å². The smallest absolute Gasteiger partial charge is 0.227 e. The van der Waals surface area contributed by atoms with Gasteiger partial charge in [-0.05, 0) is 36.6 Å². The molecule has 2 aliphatic rings. The van der Waals surface area contributed by atoms with E-state index in [4.69, 9.17) is 0 Å². The van der Waals surface area contributed by atoms with Gasteiger partial charge in [0.15, 0.2) is 5.82 Å². The molecule has 3 heterocycles. The number of nitrogens with zero attached hydrogens (tertiary/aromatic N) is 4. The second-order valence-corrected chi connectivity index (χ2v) is 7.82. The van der Waals surface area contributed by atoms with Gasteiger partial charge in [-0.25, -0.2) is 0 Å². The molecule has 2 aromatic rings. The standard InChI is InChI=1S/C19H22N4OS/c24-19-13-15(14-23(19)17-4-2-1-3-5-17)12-16-6-7-18(21-20-16)22-8-10-25-11-9-22/h1-7,15H,8-14H2. The van der Waals surface area contributed by atoms with Crippen molar-refractivity contribution in [3.63, 3.8) is 0 Å². The average molecular weight is 354 g/mol. The van der Waals surface area contributed by atoms with Gasteiger partial charge in [0, 0.05) is 43.2 Å². The van der Waals surface area contributed by atoms with E-state index in [9.17, 15) is 4.79 Å². The summed E-state index contributed by atoms with van der Waals surface area (Å²) in [5.74, 6) is 3.79. The molecule has 0 spiro atoms. The summed E-state index contributed by atoms with van der Waals surface area (Å²) in [5.41, 5.74) is 1.96. The molecule has 2 saturated heterocycles. The van der Waals surface area contributed by atoms with Crippen molar-refractivity contribution in [2.45, 2.75) is 12.8 Å². The molecule has 0 aliphatic carbocycles. The van der Waals surface area contributed by atoms with Gasteiger partial charge in [-0.3, -0.25) is 4.79 Å². The molecule has 6 heteroatoms. The zero-order valence-electron chi connectivity index (χ0n) is 14.2. The topological polar surface area (TPSA) is 49.3 Å². The van der Waals surface area contributed by atoms with E-state index in [-0.39, 0.29) is 5.91 Å². The van der Waals surface area contributed by atoms with Crippen molar-refractivity contribution in [1.29, 1.82) is 0 Å². The number of para-hydroxylation sites is 1. The summed E-state index contributed by atoms with van der Waals surface area (Å²) < 4.78 is 0. The van der Waals surface area contributed by atoms with Crippen molar-refractivity contribution in [3.05, 3.63) is 48.2 Å². The fourth-order valence-corrected chi connectivity index (χ4v) is 4.40. The quantitative estimate of drug-likeness (QED) is 0.845. The maximum absolute atomic E-state index is 12.3. The summed E-state index contributed by atoms with van der Waals surface area (Å²) in [6.07, 6.45) is 1.39. The SMILES string of the molecule is O=C1CC(Cc2ccc(N3CCSCC3)nn2)CN1c1ccccc1. The first-order chi connectivity index (χ1) is 12.3. The molecule has 1 atom stereocenters. The maximum atomic E-state index is 12.3. The monoisotopic (exact) mass is 354 g/mol. The number of carbonyl (C=O) groups excluding carboxylic acids is 1. The van der Waals surface area contributed by atoms with Crippen LogP contribution in [0, 0.1) is 5.92 Å². The lowest BCUT2D eigenvalue weighted by Gasteiger charge is -2.26. The van der Waals surface area contributed by atoms with Crippen molar-refractivity contribution < 1.29 is 4.79 Å². The van der Waals surface area contributed by atoms with Crippen molar-refractivity contribution in [1.82, 2.24) is 10.2 Å². The van der Waals surface area contributed by atoms with Crippen LogP contribution in [0.15, 0.2) is 42.5 Å². The number of aromatic nitrogens is 2. The lowest BCUT2D eigenvalue weighted by molar-refractivity contribution is -0.117. The van der Waals surface area contributed by atoms with Crippen LogP contribution in [0.25, 0.3) is 0 Å². The molecule has 0 saturated carbocycles. The molecule has 1 aromatic heterocycles. The van der Waals surface area contributed by atoms with E-state index in [0.29, 0.717) is 12.3 Å². The molecule has 4 rings (SSSR count). The Bertz CT molecular complexity index is 716. The second-order valence-electron chi connectivity index (χ2n) is 6.60. The molecule has 2 fully saturated rings. The molecule has 5 nitrogen and oxygen atoms in total. The predicted molar refractivity (Wildman–Crippen MR) is 102 cm³/mol. The van der Waals surface area contributed by atoms with E-state index < -0.39 is 0 Å². The van der Waals surface area contributed by atoms with Crippen molar-refractivity contribution in [3.8, 4) is 0 Å². The highest BCUT2D eigenvalue weighted by Gasteiger charge is 2.30. The third-order valence-corrected chi connectivity index (χ3v) is 5.75. The summed E-state index contributed by atoms with van der Waals surface area (Å²) in [7, 11) is 0. The fraction of sp³-hybridized carbons (Fsp3) is 0.421. The zero-order chi connectivity index (χ0) is 17.1. The Morgan fingerprint density at radius 3 is 2.56 bits per heavy atom. The molecule has 1 unspecified atom stereocenters. The van der Waals surface area contributed by atoms with Gasteiger partial charge >= 0.3 is 0 Å². The third-order valence-electron chi connectivity index (χ3n) is 4.81. The Kier molecular flexibility index (Phi) is 4.88. The summed E-state index contributed by atoms with van der Waals surface area (Å²) in [6.45, 7) is 2.85. The van der Waals surface area contributed by atoms with E-state index in [0.717, 1.165) is 54.8 Å². The van der Waals surface area contributed by atoms with E-state index in [1.807, 2.05) is 47.0 Å². The summed E-state index contributed by atoms with van der Waals surface area (Å²) >= 11 is 1.99. The van der Waals surface area contributed by atoms with Crippen LogP contribution < -0.4 is 9.80 Å². The third kappa shape index (κ3) is 3.79. The van der Waals surface area contributed by atoms with Crippen LogP contribution in [0.3, 0.4) is 0 Å². The molecule has 130 valence electrons. The molecular formula is C19H22N4OS. The molecule has 0 bridgehead atoms. The largest absolute Gasteiger partial charge is 0.353 e. The molecule has 0 radical (unpaired) electrons. The first-order valence-electron chi connectivity index (χ1n) is 8.80. The first-order valence-corrected chi connectivity index (χ1v) is 9.96. The van der Waals surface area contributed by atoms with Gasteiger partial charge in [0.25, 0.3) is 0 Å². The molecular weight excluding hydrogens is 332 g/mol. The Morgan fingerprint density at radius 1 is 1.04 bits per heavy atom. The van der Waals surface area contributed by atoms with Gasteiger partial charge in [-0.2, -0.15) is 16.9 Å². The normalized spacial score (nSPS) is 21.0. The highest BCUT2D eigenvalue weighted by molar-refractivity contribution is 7.99. The summed E-state index contributed by atoms with van der Waals surface area (Å²) in [5, 5.41) is 8.82. The Balaban J connectivity index is 1.38. The number of carbonyl (C=O) groups is 1. The predicted octanol–water partition coefficient (Wildman–Crippen LogP) is 2.63. The Labute approximate surface area is 152 Å². The van der Waals surface area contributed by atoms with Crippen LogP contribution in [0.5, 0.6) is 0 Å². The van der Waals surface area contributed by atoms with Crippen LogP contribution in [0.4, 0.5) is 11.5 Å². The van der Waals surface area contributed by atoms with Gasteiger partial charge in [0.1, 0.15) is 0 Å². The van der Waals surface area contributed by atoms with Gasteiger partial charge in [0.05, 0.1) is 5.69 Å². The minimum Gasteiger partial charge on any atom is -0.353 e. The average Bonchev–Trinajstić information content (AvgIpc) is 3.04. The van der Waals surface area contributed by atoms with Crippen LogP contribution >= 0.6 is 11.8 Å².